The van der Waals surface area contributed by atoms with Crippen LogP contribution in [0.5, 0.6) is 0 Å². The van der Waals surface area contributed by atoms with Crippen LogP contribution < -0.4 is 5.32 Å². The summed E-state index contributed by atoms with van der Waals surface area (Å²) in [6, 6.07) is -0.525. The number of carbonyl (C=O) groups excluding carboxylic acids is 6. The summed E-state index contributed by atoms with van der Waals surface area (Å²) in [5, 5.41) is 6.96. The Morgan fingerprint density at radius 1 is 0.823 bits per heavy atom. The highest BCUT2D eigenvalue weighted by atomic mass is 16.6. The van der Waals surface area contributed by atoms with Crippen LogP contribution in [0.4, 0.5) is 4.79 Å². The topological polar surface area (TPSA) is 178 Å². The zero-order valence-electron chi connectivity index (χ0n) is 38.6. The normalized spacial score (nSPS) is 34.5. The molecule has 1 aliphatic heterocycles. The van der Waals surface area contributed by atoms with Crippen LogP contribution >= 0.6 is 0 Å². The molecule has 0 radical (unpaired) electrons. The molecule has 8 aliphatic rings. The van der Waals surface area contributed by atoms with E-state index in [4.69, 9.17) is 23.7 Å². The first kappa shape index (κ1) is 44.6. The minimum Gasteiger partial charge on any atom is -0.463 e. The quantitative estimate of drug-likeness (QED) is 0.113. The van der Waals surface area contributed by atoms with Gasteiger partial charge < -0.3 is 29.0 Å². The van der Waals surface area contributed by atoms with Gasteiger partial charge in [0.1, 0.15) is 30.0 Å². The third-order valence-corrected chi connectivity index (χ3v) is 18.5. The van der Waals surface area contributed by atoms with E-state index in [1.54, 1.807) is 47.7 Å². The summed E-state index contributed by atoms with van der Waals surface area (Å²) in [6.45, 7) is 16.6. The number of hydrogen-bond donors (Lipinski definition) is 1. The molecule has 7 saturated carbocycles. The van der Waals surface area contributed by atoms with E-state index in [0.717, 1.165) is 44.1 Å². The van der Waals surface area contributed by atoms with E-state index in [2.05, 4.69) is 10.4 Å². The smallest absolute Gasteiger partial charge is 0.342 e. The molecular formula is C48H69N3O11. The van der Waals surface area contributed by atoms with Crippen LogP contribution in [-0.2, 0) is 47.7 Å². The monoisotopic (exact) mass is 863 g/mol. The number of rotatable bonds is 14. The van der Waals surface area contributed by atoms with Gasteiger partial charge in [-0.05, 0) is 169 Å². The molecule has 342 valence electrons. The number of fused-ring (bicyclic) bond motifs is 1. The minimum atomic E-state index is -2.17. The van der Waals surface area contributed by atoms with Gasteiger partial charge in [0.15, 0.2) is 0 Å². The number of amides is 1. The highest BCUT2D eigenvalue weighted by Crippen LogP contribution is 2.65. The van der Waals surface area contributed by atoms with Crippen LogP contribution in [0, 0.1) is 76.9 Å². The van der Waals surface area contributed by atoms with Gasteiger partial charge in [-0.15, -0.1) is 0 Å². The molecule has 1 aromatic heterocycles. The van der Waals surface area contributed by atoms with Crippen molar-refractivity contribution in [2.75, 3.05) is 13.2 Å². The Kier molecular flexibility index (Phi) is 11.0. The Labute approximate surface area is 366 Å². The molecule has 7 atom stereocenters. The van der Waals surface area contributed by atoms with Crippen LogP contribution in [0.15, 0.2) is 6.20 Å². The average molecular weight is 864 g/mol. The Morgan fingerprint density at radius 2 is 1.42 bits per heavy atom. The van der Waals surface area contributed by atoms with Crippen molar-refractivity contribution in [3.8, 4) is 0 Å². The Balaban J connectivity index is 1.17. The molecule has 7 unspecified atom stereocenters. The van der Waals surface area contributed by atoms with E-state index in [9.17, 15) is 9.59 Å². The molecule has 1 saturated heterocycles. The number of hydrogen-bond acceptors (Lipinski definition) is 12. The summed E-state index contributed by atoms with van der Waals surface area (Å²) in [7, 11) is 0. The van der Waals surface area contributed by atoms with Crippen molar-refractivity contribution < 1.29 is 52.5 Å². The van der Waals surface area contributed by atoms with E-state index < -0.39 is 75.0 Å². The predicted octanol–water partition coefficient (Wildman–Crippen LogP) is 7.18. The van der Waals surface area contributed by atoms with E-state index in [0.29, 0.717) is 49.6 Å². The van der Waals surface area contributed by atoms with Gasteiger partial charge in [-0.3, -0.25) is 24.0 Å². The molecule has 6 bridgehead atoms. The summed E-state index contributed by atoms with van der Waals surface area (Å²) in [4.78, 5) is 87.2. The van der Waals surface area contributed by atoms with Crippen molar-refractivity contribution in [1.29, 1.82) is 0 Å². The number of esters is 5. The van der Waals surface area contributed by atoms with E-state index in [1.165, 1.54) is 18.0 Å². The summed E-state index contributed by atoms with van der Waals surface area (Å²) in [5.74, 6) is -2.44. The molecule has 1 aromatic rings. The molecule has 8 fully saturated rings. The summed E-state index contributed by atoms with van der Waals surface area (Å²) in [6.07, 6.45) is 10.2. The molecule has 7 aliphatic carbocycles. The van der Waals surface area contributed by atoms with Gasteiger partial charge in [0.2, 0.25) is 0 Å². The molecule has 2 heterocycles. The fraction of sp³-hybridized carbons (Fsp3) is 0.812. The maximum Gasteiger partial charge on any atom is 0.342 e. The van der Waals surface area contributed by atoms with Gasteiger partial charge in [-0.1, -0.05) is 6.92 Å². The van der Waals surface area contributed by atoms with E-state index in [1.807, 2.05) is 20.8 Å². The maximum absolute atomic E-state index is 15.9. The van der Waals surface area contributed by atoms with Crippen molar-refractivity contribution in [1.82, 2.24) is 15.1 Å². The second-order valence-corrected chi connectivity index (χ2v) is 22.0. The minimum absolute atomic E-state index is 0.0494. The molecule has 14 heteroatoms. The van der Waals surface area contributed by atoms with Crippen molar-refractivity contribution in [2.45, 2.75) is 170 Å². The van der Waals surface area contributed by atoms with Gasteiger partial charge in [0.05, 0.1) is 39.8 Å². The fourth-order valence-electron chi connectivity index (χ4n) is 13.5. The number of aromatic nitrogens is 2. The van der Waals surface area contributed by atoms with Gasteiger partial charge in [0.25, 0.3) is 0 Å². The van der Waals surface area contributed by atoms with Crippen molar-refractivity contribution in [3.05, 3.63) is 17.5 Å². The zero-order valence-corrected chi connectivity index (χ0v) is 38.6. The summed E-state index contributed by atoms with van der Waals surface area (Å²) >= 11 is 0. The maximum atomic E-state index is 15.9. The Hall–Kier alpha value is -3.97. The Morgan fingerprint density at radius 3 is 2.00 bits per heavy atom. The molecule has 14 nitrogen and oxygen atoms in total. The fourth-order valence-corrected chi connectivity index (χ4v) is 13.5. The number of nitrogens with one attached hydrogen (secondary N) is 1. The lowest BCUT2D eigenvalue weighted by Crippen LogP contribution is -2.69. The highest BCUT2D eigenvalue weighted by Gasteiger charge is 2.75. The van der Waals surface area contributed by atoms with Crippen molar-refractivity contribution in [3.63, 3.8) is 0 Å². The molecule has 9 rings (SSSR count). The average Bonchev–Trinajstić information content (AvgIpc) is 4.05. The second kappa shape index (κ2) is 15.3. The second-order valence-electron chi connectivity index (χ2n) is 22.0. The molecule has 0 aromatic carbocycles. The third kappa shape index (κ3) is 6.63. The molecule has 62 heavy (non-hydrogen) atoms. The van der Waals surface area contributed by atoms with E-state index in [-0.39, 0.29) is 48.7 Å². The molecule has 1 amide bonds. The summed E-state index contributed by atoms with van der Waals surface area (Å²) < 4.78 is 32.8. The lowest BCUT2D eigenvalue weighted by atomic mass is 9.45. The van der Waals surface area contributed by atoms with Gasteiger partial charge in [-0.25, -0.2) is 4.79 Å². The zero-order chi connectivity index (χ0) is 44.9. The standard InChI is InChI=1S/C48H69N3O11/c1-11-48(14-12-13-15-48)62-39(54)44(6,7)47(10,41(56)61-45(8)31-19-28-18-29(21-31)22-32(45)20-28)46(9,40(55)58-17-16-49-42(57)51-25-26(2)27(3)50-51)43(4,5)38(53)60-35-30-23-33-34(24-30)37(52)59-36(33)35/h25,28-36H,11-24H2,1-10H3,(H,49,57). The first-order chi connectivity index (χ1) is 29.0. The molecule has 0 spiro atoms. The lowest BCUT2D eigenvalue weighted by molar-refractivity contribution is -0.242. The number of aryl methyl sites for hydroxylation is 2. The highest BCUT2D eigenvalue weighted by molar-refractivity contribution is 5.98. The molecule has 1 N–H and O–H groups in total. The van der Waals surface area contributed by atoms with Crippen LogP contribution in [-0.4, -0.2) is 82.2 Å². The Bertz CT molecular complexity index is 1970. The first-order valence-corrected chi connectivity index (χ1v) is 23.4. The molecular weight excluding hydrogens is 795 g/mol. The van der Waals surface area contributed by atoms with Crippen LogP contribution in [0.3, 0.4) is 0 Å². The largest absolute Gasteiger partial charge is 0.463 e. The van der Waals surface area contributed by atoms with Crippen LogP contribution in [0.1, 0.15) is 144 Å². The first-order valence-electron chi connectivity index (χ1n) is 23.4. The van der Waals surface area contributed by atoms with Gasteiger partial charge >= 0.3 is 35.9 Å². The van der Waals surface area contributed by atoms with Crippen molar-refractivity contribution >= 4 is 35.9 Å². The lowest BCUT2D eigenvalue weighted by Gasteiger charge is -2.61. The number of carbonyl (C=O) groups is 6. The van der Waals surface area contributed by atoms with Gasteiger partial charge in [0, 0.05) is 18.0 Å². The number of ether oxygens (including phenoxy) is 5. The van der Waals surface area contributed by atoms with Crippen LogP contribution in [0.2, 0.25) is 0 Å². The third-order valence-electron chi connectivity index (χ3n) is 18.5. The van der Waals surface area contributed by atoms with Crippen molar-refractivity contribution in [2.24, 2.45) is 63.1 Å². The summed E-state index contributed by atoms with van der Waals surface area (Å²) in [5.41, 5.74) is -8.01. The number of nitrogens with zero attached hydrogens (tertiary/aromatic N) is 2. The SMILES string of the molecule is CCC1(OC(=O)C(C)(C)C(C)(C(=O)OC2(C)C3CC4CC(C3)CC2C4)C(C)(C(=O)OCCNC(=O)n2cc(C)c(C)n2)C(C)(C)C(=O)OC2C3CC4C(=O)OC2C4C3)CCCC1. The van der Waals surface area contributed by atoms with Crippen LogP contribution in [0.25, 0.3) is 0 Å². The van der Waals surface area contributed by atoms with Gasteiger partial charge in [-0.2, -0.15) is 9.78 Å². The van der Waals surface area contributed by atoms with E-state index >= 15 is 19.2 Å². The predicted molar refractivity (Wildman–Crippen MR) is 224 cm³/mol.